The number of rotatable bonds is 2. The predicted octanol–water partition coefficient (Wildman–Crippen LogP) is 5.60. The molecule has 0 amide bonds. The largest absolute Gasteiger partial charge is 0.257 e. The molecular formula is C24H22N2. The van der Waals surface area contributed by atoms with Crippen molar-refractivity contribution in [1.29, 1.82) is 0 Å². The van der Waals surface area contributed by atoms with Crippen LogP contribution in [0.3, 0.4) is 0 Å². The Morgan fingerprint density at radius 1 is 0.769 bits per heavy atom. The number of fused-ring (bicyclic) bond motifs is 3. The van der Waals surface area contributed by atoms with E-state index in [4.69, 9.17) is 5.10 Å². The number of hydrazone groups is 1. The van der Waals surface area contributed by atoms with E-state index < -0.39 is 0 Å². The van der Waals surface area contributed by atoms with Crippen LogP contribution in [0.25, 0.3) is 0 Å². The van der Waals surface area contributed by atoms with Gasteiger partial charge in [0.05, 0.1) is 17.4 Å². The zero-order valence-corrected chi connectivity index (χ0v) is 14.8. The number of nitrogens with zero attached hydrogens (tertiary/aromatic N) is 2. The standard InChI is InChI=1S/C24H22N2/c1-3-11-19(12-4-1)24-22-17-9-13-18-10-7-8-16-21(18)23(22)25-26(24)20-14-5-2-6-15-20/h1-8,10-12,14-16,22,24H,9,13,17H2/t22-,24+/m0/s1. The Morgan fingerprint density at radius 2 is 1.46 bits per heavy atom. The van der Waals surface area contributed by atoms with E-state index >= 15 is 0 Å². The van der Waals surface area contributed by atoms with Gasteiger partial charge in [0, 0.05) is 11.5 Å². The topological polar surface area (TPSA) is 15.6 Å². The van der Waals surface area contributed by atoms with Gasteiger partial charge in [-0.25, -0.2) is 0 Å². The summed E-state index contributed by atoms with van der Waals surface area (Å²) >= 11 is 0. The number of benzene rings is 3. The fourth-order valence-electron chi connectivity index (χ4n) is 4.44. The van der Waals surface area contributed by atoms with Crippen LogP contribution in [0.2, 0.25) is 0 Å². The maximum absolute atomic E-state index is 5.19. The Kier molecular flexibility index (Phi) is 3.82. The molecule has 0 fully saturated rings. The van der Waals surface area contributed by atoms with Crippen LogP contribution >= 0.6 is 0 Å². The Bertz CT molecular complexity index is 931. The summed E-state index contributed by atoms with van der Waals surface area (Å²) in [6, 6.07) is 30.5. The van der Waals surface area contributed by atoms with Crippen LogP contribution in [0.15, 0.2) is 90.0 Å². The maximum Gasteiger partial charge on any atom is 0.0860 e. The van der Waals surface area contributed by atoms with E-state index in [-0.39, 0.29) is 6.04 Å². The molecule has 0 spiro atoms. The zero-order valence-electron chi connectivity index (χ0n) is 14.8. The fourth-order valence-corrected chi connectivity index (χ4v) is 4.44. The minimum atomic E-state index is 0.264. The van der Waals surface area contributed by atoms with Gasteiger partial charge >= 0.3 is 0 Å². The van der Waals surface area contributed by atoms with Gasteiger partial charge in [-0.15, -0.1) is 0 Å². The van der Waals surface area contributed by atoms with Gasteiger partial charge in [-0.1, -0.05) is 72.8 Å². The van der Waals surface area contributed by atoms with E-state index in [0.717, 1.165) is 6.42 Å². The van der Waals surface area contributed by atoms with Gasteiger partial charge in [-0.05, 0) is 42.5 Å². The number of aryl methyl sites for hydroxylation is 1. The first kappa shape index (κ1) is 15.4. The molecule has 0 aromatic heterocycles. The van der Waals surface area contributed by atoms with Crippen molar-refractivity contribution < 1.29 is 0 Å². The molecule has 0 N–H and O–H groups in total. The second-order valence-corrected chi connectivity index (χ2v) is 7.18. The van der Waals surface area contributed by atoms with Gasteiger partial charge in [0.1, 0.15) is 0 Å². The van der Waals surface area contributed by atoms with Gasteiger partial charge in [0.2, 0.25) is 0 Å². The third-order valence-corrected chi connectivity index (χ3v) is 5.63. The van der Waals surface area contributed by atoms with E-state index in [9.17, 15) is 0 Å². The van der Waals surface area contributed by atoms with Crippen molar-refractivity contribution >= 4 is 11.4 Å². The van der Waals surface area contributed by atoms with E-state index in [2.05, 4.69) is 89.9 Å². The molecule has 3 aromatic carbocycles. The first-order chi connectivity index (χ1) is 12.9. The summed E-state index contributed by atoms with van der Waals surface area (Å²) in [5.41, 5.74) is 6.56. The molecule has 5 rings (SSSR count). The second-order valence-electron chi connectivity index (χ2n) is 7.18. The molecule has 2 atom stereocenters. The van der Waals surface area contributed by atoms with Crippen molar-refractivity contribution in [3.05, 3.63) is 102 Å². The summed E-state index contributed by atoms with van der Waals surface area (Å²) in [6.45, 7) is 0. The van der Waals surface area contributed by atoms with Crippen molar-refractivity contribution in [3.63, 3.8) is 0 Å². The molecule has 0 unspecified atom stereocenters. The minimum Gasteiger partial charge on any atom is -0.257 e. The smallest absolute Gasteiger partial charge is 0.0860 e. The lowest BCUT2D eigenvalue weighted by Crippen LogP contribution is -2.25. The molecule has 26 heavy (non-hydrogen) atoms. The van der Waals surface area contributed by atoms with Crippen molar-refractivity contribution in [2.75, 3.05) is 5.01 Å². The molecule has 0 saturated carbocycles. The van der Waals surface area contributed by atoms with E-state index in [1.165, 1.54) is 40.9 Å². The lowest BCUT2D eigenvalue weighted by molar-refractivity contribution is 0.505. The molecule has 1 aliphatic heterocycles. The van der Waals surface area contributed by atoms with Gasteiger partial charge in [0.25, 0.3) is 0 Å². The molecule has 1 aliphatic carbocycles. The number of para-hydroxylation sites is 1. The molecule has 2 heteroatoms. The Hall–Kier alpha value is -2.87. The van der Waals surface area contributed by atoms with E-state index in [1.54, 1.807) is 0 Å². The fraction of sp³-hybridized carbons (Fsp3) is 0.208. The minimum absolute atomic E-state index is 0.264. The molecule has 0 saturated heterocycles. The van der Waals surface area contributed by atoms with Crippen LogP contribution in [-0.2, 0) is 6.42 Å². The quantitative estimate of drug-likeness (QED) is 0.593. The second kappa shape index (κ2) is 6.45. The highest BCUT2D eigenvalue weighted by atomic mass is 15.5. The van der Waals surface area contributed by atoms with Crippen LogP contribution < -0.4 is 5.01 Å². The van der Waals surface area contributed by atoms with Crippen molar-refractivity contribution in [2.45, 2.75) is 25.3 Å². The molecule has 2 nitrogen and oxygen atoms in total. The maximum atomic E-state index is 5.19. The Morgan fingerprint density at radius 3 is 2.27 bits per heavy atom. The zero-order chi connectivity index (χ0) is 17.3. The third-order valence-electron chi connectivity index (χ3n) is 5.63. The highest BCUT2D eigenvalue weighted by Crippen LogP contribution is 2.44. The molecule has 0 bridgehead atoms. The van der Waals surface area contributed by atoms with Crippen LogP contribution in [0, 0.1) is 5.92 Å². The summed E-state index contributed by atoms with van der Waals surface area (Å²) in [5, 5.41) is 7.44. The van der Waals surface area contributed by atoms with Gasteiger partial charge in [-0.2, -0.15) is 5.10 Å². The lowest BCUT2D eigenvalue weighted by Gasteiger charge is -2.28. The molecule has 128 valence electrons. The SMILES string of the molecule is c1ccc([C@@H]2[C@H]3CCCc4ccccc4C3=NN2c2ccccc2)cc1. The highest BCUT2D eigenvalue weighted by molar-refractivity contribution is 6.06. The van der Waals surface area contributed by atoms with Gasteiger partial charge < -0.3 is 0 Å². The van der Waals surface area contributed by atoms with Crippen LogP contribution in [0.1, 0.15) is 35.6 Å². The summed E-state index contributed by atoms with van der Waals surface area (Å²) in [7, 11) is 0. The van der Waals surface area contributed by atoms with Gasteiger partial charge in [0.15, 0.2) is 0 Å². The number of anilines is 1. The highest BCUT2D eigenvalue weighted by Gasteiger charge is 2.40. The predicted molar refractivity (Wildman–Crippen MR) is 108 cm³/mol. The monoisotopic (exact) mass is 338 g/mol. The number of hydrogen-bond donors (Lipinski definition) is 0. The van der Waals surface area contributed by atoms with Crippen LogP contribution in [0.4, 0.5) is 5.69 Å². The normalized spacial score (nSPS) is 21.5. The Labute approximate surface area is 154 Å². The van der Waals surface area contributed by atoms with Crippen molar-refractivity contribution in [3.8, 4) is 0 Å². The van der Waals surface area contributed by atoms with Gasteiger partial charge in [-0.3, -0.25) is 5.01 Å². The molecule has 0 radical (unpaired) electrons. The first-order valence-corrected chi connectivity index (χ1v) is 9.48. The summed E-state index contributed by atoms with van der Waals surface area (Å²) < 4.78 is 0. The summed E-state index contributed by atoms with van der Waals surface area (Å²) in [5.74, 6) is 0.432. The average molecular weight is 338 g/mol. The summed E-state index contributed by atoms with van der Waals surface area (Å²) in [6.07, 6.45) is 3.54. The third kappa shape index (κ3) is 2.53. The Balaban J connectivity index is 1.68. The van der Waals surface area contributed by atoms with E-state index in [1.807, 2.05) is 0 Å². The average Bonchev–Trinajstić information content (AvgIpc) is 2.99. The molecular weight excluding hydrogens is 316 g/mol. The molecule has 1 heterocycles. The van der Waals surface area contributed by atoms with Crippen LogP contribution in [0.5, 0.6) is 0 Å². The number of hydrogen-bond acceptors (Lipinski definition) is 2. The van der Waals surface area contributed by atoms with E-state index in [0.29, 0.717) is 5.92 Å². The van der Waals surface area contributed by atoms with Crippen molar-refractivity contribution in [2.24, 2.45) is 11.0 Å². The molecule has 3 aromatic rings. The van der Waals surface area contributed by atoms with Crippen LogP contribution in [-0.4, -0.2) is 5.71 Å². The van der Waals surface area contributed by atoms with Crippen molar-refractivity contribution in [1.82, 2.24) is 0 Å². The molecule has 2 aliphatic rings. The summed E-state index contributed by atoms with van der Waals surface area (Å²) in [4.78, 5) is 0. The first-order valence-electron chi connectivity index (χ1n) is 9.48. The lowest BCUT2D eigenvalue weighted by atomic mass is 9.85.